The minimum absolute atomic E-state index is 0.474. The summed E-state index contributed by atoms with van der Waals surface area (Å²) >= 11 is 0. The van der Waals surface area contributed by atoms with Crippen LogP contribution in [0.25, 0.3) is 11.1 Å². The molecule has 0 fully saturated rings. The van der Waals surface area contributed by atoms with Gasteiger partial charge in [-0.1, -0.05) is 42.5 Å². The third-order valence-electron chi connectivity index (χ3n) is 3.56. The van der Waals surface area contributed by atoms with Gasteiger partial charge < -0.3 is 5.32 Å². The molecule has 0 aliphatic carbocycles. The van der Waals surface area contributed by atoms with E-state index in [1.807, 2.05) is 0 Å². The second-order valence-corrected chi connectivity index (χ2v) is 4.71. The molecule has 1 nitrogen and oxygen atoms in total. The molecule has 1 aliphatic heterocycles. The first-order valence-corrected chi connectivity index (χ1v) is 6.26. The molecule has 0 amide bonds. The molecule has 0 radical (unpaired) electrons. The van der Waals surface area contributed by atoms with Crippen molar-refractivity contribution in [2.24, 2.45) is 0 Å². The standard InChI is InChI=1S/C16H17N/c1-12-16-11-15(13-5-3-2-4-6-13)8-7-14(16)9-10-17-12/h2-8,11-12,17H,9-10H2,1H3. The lowest BCUT2D eigenvalue weighted by Crippen LogP contribution is -2.27. The number of fused-ring (bicyclic) bond motifs is 1. The van der Waals surface area contributed by atoms with Gasteiger partial charge in [-0.2, -0.15) is 0 Å². The van der Waals surface area contributed by atoms with Crippen LogP contribution in [0.4, 0.5) is 0 Å². The Morgan fingerprint density at radius 2 is 1.82 bits per heavy atom. The first kappa shape index (κ1) is 10.5. The van der Waals surface area contributed by atoms with E-state index in [4.69, 9.17) is 0 Å². The summed E-state index contributed by atoms with van der Waals surface area (Å²) < 4.78 is 0. The molecule has 1 heterocycles. The minimum atomic E-state index is 0.474. The topological polar surface area (TPSA) is 12.0 Å². The molecule has 1 aliphatic rings. The van der Waals surface area contributed by atoms with E-state index in [0.717, 1.165) is 13.0 Å². The maximum Gasteiger partial charge on any atom is 0.0294 e. The fourth-order valence-electron chi connectivity index (χ4n) is 2.57. The second kappa shape index (κ2) is 4.34. The van der Waals surface area contributed by atoms with Gasteiger partial charge in [-0.05, 0) is 48.2 Å². The molecule has 86 valence electrons. The van der Waals surface area contributed by atoms with Gasteiger partial charge in [0.25, 0.3) is 0 Å². The van der Waals surface area contributed by atoms with Crippen molar-refractivity contribution in [3.8, 4) is 11.1 Å². The van der Waals surface area contributed by atoms with Crippen LogP contribution in [-0.2, 0) is 6.42 Å². The van der Waals surface area contributed by atoms with E-state index in [0.29, 0.717) is 6.04 Å². The minimum Gasteiger partial charge on any atom is -0.310 e. The van der Waals surface area contributed by atoms with Crippen LogP contribution in [0.5, 0.6) is 0 Å². The fourth-order valence-corrected chi connectivity index (χ4v) is 2.57. The van der Waals surface area contributed by atoms with Crippen LogP contribution in [0, 0.1) is 0 Å². The van der Waals surface area contributed by atoms with Crippen LogP contribution < -0.4 is 5.32 Å². The van der Waals surface area contributed by atoms with Gasteiger partial charge in [-0.15, -0.1) is 0 Å². The van der Waals surface area contributed by atoms with Gasteiger partial charge in [0.1, 0.15) is 0 Å². The van der Waals surface area contributed by atoms with Crippen molar-refractivity contribution < 1.29 is 0 Å². The molecule has 1 heteroatoms. The highest BCUT2D eigenvalue weighted by atomic mass is 14.9. The van der Waals surface area contributed by atoms with Gasteiger partial charge in [0.15, 0.2) is 0 Å². The third kappa shape index (κ3) is 1.98. The van der Waals surface area contributed by atoms with E-state index >= 15 is 0 Å². The molecule has 1 unspecified atom stereocenters. The van der Waals surface area contributed by atoms with E-state index in [1.54, 1.807) is 0 Å². The number of hydrogen-bond donors (Lipinski definition) is 1. The molecule has 17 heavy (non-hydrogen) atoms. The fraction of sp³-hybridized carbons (Fsp3) is 0.250. The van der Waals surface area contributed by atoms with E-state index in [-0.39, 0.29) is 0 Å². The molecule has 0 aromatic heterocycles. The van der Waals surface area contributed by atoms with Crippen molar-refractivity contribution in [2.75, 3.05) is 6.54 Å². The Hall–Kier alpha value is -1.60. The van der Waals surface area contributed by atoms with Crippen molar-refractivity contribution in [3.63, 3.8) is 0 Å². The van der Waals surface area contributed by atoms with Crippen LogP contribution in [-0.4, -0.2) is 6.54 Å². The second-order valence-electron chi connectivity index (χ2n) is 4.71. The highest BCUT2D eigenvalue weighted by molar-refractivity contribution is 5.65. The quantitative estimate of drug-likeness (QED) is 0.779. The number of benzene rings is 2. The molecule has 0 spiro atoms. The van der Waals surface area contributed by atoms with Crippen LogP contribution in [0.3, 0.4) is 0 Å². The summed E-state index contributed by atoms with van der Waals surface area (Å²) in [5.41, 5.74) is 5.57. The predicted molar refractivity (Wildman–Crippen MR) is 72.0 cm³/mol. The smallest absolute Gasteiger partial charge is 0.0294 e. The molecule has 0 saturated carbocycles. The summed E-state index contributed by atoms with van der Waals surface area (Å²) in [6.07, 6.45) is 1.15. The Kier molecular flexibility index (Phi) is 2.69. The summed E-state index contributed by atoms with van der Waals surface area (Å²) in [4.78, 5) is 0. The Bertz CT molecular complexity index is 516. The van der Waals surface area contributed by atoms with E-state index in [1.165, 1.54) is 22.3 Å². The lowest BCUT2D eigenvalue weighted by Gasteiger charge is -2.24. The van der Waals surface area contributed by atoms with Crippen molar-refractivity contribution in [1.29, 1.82) is 0 Å². The van der Waals surface area contributed by atoms with E-state index in [9.17, 15) is 0 Å². The molecular formula is C16H17N. The predicted octanol–water partition coefficient (Wildman–Crippen LogP) is 3.56. The third-order valence-corrected chi connectivity index (χ3v) is 3.56. The summed E-state index contributed by atoms with van der Waals surface area (Å²) in [5.74, 6) is 0. The van der Waals surface area contributed by atoms with Crippen molar-refractivity contribution >= 4 is 0 Å². The highest BCUT2D eigenvalue weighted by Gasteiger charge is 2.15. The van der Waals surface area contributed by atoms with Crippen LogP contribution in [0.1, 0.15) is 24.1 Å². The zero-order valence-electron chi connectivity index (χ0n) is 10.1. The summed E-state index contributed by atoms with van der Waals surface area (Å²) in [6.45, 7) is 3.34. The van der Waals surface area contributed by atoms with Gasteiger partial charge >= 0.3 is 0 Å². The summed E-state index contributed by atoms with van der Waals surface area (Å²) in [5, 5.41) is 3.52. The van der Waals surface area contributed by atoms with Crippen LogP contribution >= 0.6 is 0 Å². The number of nitrogens with one attached hydrogen (secondary N) is 1. The lowest BCUT2D eigenvalue weighted by molar-refractivity contribution is 0.541. The molecule has 0 bridgehead atoms. The zero-order valence-corrected chi connectivity index (χ0v) is 10.1. The Morgan fingerprint density at radius 3 is 2.65 bits per heavy atom. The molecule has 3 rings (SSSR count). The molecule has 0 saturated heterocycles. The van der Waals surface area contributed by atoms with Gasteiger partial charge in [-0.25, -0.2) is 0 Å². The highest BCUT2D eigenvalue weighted by Crippen LogP contribution is 2.28. The van der Waals surface area contributed by atoms with Gasteiger partial charge in [0.2, 0.25) is 0 Å². The van der Waals surface area contributed by atoms with E-state index < -0.39 is 0 Å². The molecule has 1 atom stereocenters. The summed E-state index contributed by atoms with van der Waals surface area (Å²) in [7, 11) is 0. The molecule has 2 aromatic carbocycles. The molecular weight excluding hydrogens is 206 g/mol. The first-order chi connectivity index (χ1) is 8.34. The molecule has 2 aromatic rings. The van der Waals surface area contributed by atoms with Gasteiger partial charge in [0, 0.05) is 6.04 Å². The van der Waals surface area contributed by atoms with Crippen LogP contribution in [0.15, 0.2) is 48.5 Å². The first-order valence-electron chi connectivity index (χ1n) is 6.26. The van der Waals surface area contributed by atoms with Gasteiger partial charge in [0.05, 0.1) is 0 Å². The zero-order chi connectivity index (χ0) is 11.7. The normalized spacial score (nSPS) is 18.8. The van der Waals surface area contributed by atoms with Crippen molar-refractivity contribution in [2.45, 2.75) is 19.4 Å². The molecule has 1 N–H and O–H groups in total. The Morgan fingerprint density at radius 1 is 1.00 bits per heavy atom. The maximum absolute atomic E-state index is 3.52. The summed E-state index contributed by atoms with van der Waals surface area (Å²) in [6, 6.07) is 17.9. The maximum atomic E-state index is 3.52. The monoisotopic (exact) mass is 223 g/mol. The van der Waals surface area contributed by atoms with E-state index in [2.05, 4.69) is 60.8 Å². The van der Waals surface area contributed by atoms with Crippen LogP contribution in [0.2, 0.25) is 0 Å². The Balaban J connectivity index is 2.06. The largest absolute Gasteiger partial charge is 0.310 e. The average Bonchev–Trinajstić information content (AvgIpc) is 2.40. The van der Waals surface area contributed by atoms with Gasteiger partial charge in [-0.3, -0.25) is 0 Å². The lowest BCUT2D eigenvalue weighted by atomic mass is 9.91. The van der Waals surface area contributed by atoms with Crippen molar-refractivity contribution in [1.82, 2.24) is 5.32 Å². The number of hydrogen-bond acceptors (Lipinski definition) is 1. The van der Waals surface area contributed by atoms with Crippen molar-refractivity contribution in [3.05, 3.63) is 59.7 Å². The number of rotatable bonds is 1. The SMILES string of the molecule is CC1NCCc2ccc(-c3ccccc3)cc21. The average molecular weight is 223 g/mol. The Labute approximate surface area is 102 Å².